The lowest BCUT2D eigenvalue weighted by Gasteiger charge is -2.46. The number of β-lactam (4-membered cyclic amide) rings is 1. The van der Waals surface area contributed by atoms with Gasteiger partial charge in [-0.2, -0.15) is 0 Å². The molecule has 3 aliphatic rings. The van der Waals surface area contributed by atoms with Gasteiger partial charge >= 0.3 is 5.97 Å². The molecule has 1 saturated carbocycles. The third-order valence-electron chi connectivity index (χ3n) is 6.60. The van der Waals surface area contributed by atoms with Gasteiger partial charge in [-0.15, -0.1) is 11.8 Å². The highest BCUT2D eigenvalue weighted by Crippen LogP contribution is 2.72. The second-order valence-corrected chi connectivity index (χ2v) is 13.5. The van der Waals surface area contributed by atoms with Crippen LogP contribution >= 0.6 is 58.2 Å². The number of alkyl halides is 3. The van der Waals surface area contributed by atoms with Gasteiger partial charge in [-0.25, -0.2) is 4.79 Å². The van der Waals surface area contributed by atoms with Crippen LogP contribution in [0.15, 0.2) is 54.6 Å². The predicted molar refractivity (Wildman–Crippen MR) is 138 cm³/mol. The highest BCUT2D eigenvalue weighted by molar-refractivity contribution is 8.02. The van der Waals surface area contributed by atoms with E-state index in [1.165, 1.54) is 16.7 Å². The lowest BCUT2D eigenvalue weighted by atomic mass is 9.99. The van der Waals surface area contributed by atoms with E-state index < -0.39 is 50.1 Å². The molecule has 1 N–H and O–H groups in total. The zero-order valence-electron chi connectivity index (χ0n) is 18.8. The molecule has 0 bridgehead atoms. The summed E-state index contributed by atoms with van der Waals surface area (Å²) in [6.07, 6.45) is -0.623. The molecule has 5 rings (SSSR count). The number of benzene rings is 2. The topological polar surface area (TPSA) is 84.9 Å². The Labute approximate surface area is 231 Å². The summed E-state index contributed by atoms with van der Waals surface area (Å²) in [6.45, 7) is 1.45. The Hall–Kier alpha value is -1.84. The SMILES string of the molecule is CC12CC1(C(=O)OCC(Cl)(Cl)Cl)N1C(=O)C(NC(=O)C(Oc3ccccc3Cl)c3ccccc3)[C@H]1S2. The van der Waals surface area contributed by atoms with Gasteiger partial charge in [0.1, 0.15) is 23.8 Å². The molecule has 0 spiro atoms. The fraction of sp³-hybridized carbons (Fsp3) is 0.375. The molecule has 0 aromatic heterocycles. The quantitative estimate of drug-likeness (QED) is 0.287. The molecule has 4 unspecified atom stereocenters. The number of para-hydroxylation sites is 1. The van der Waals surface area contributed by atoms with Crippen LogP contribution in [0.2, 0.25) is 5.02 Å². The Morgan fingerprint density at radius 1 is 1.17 bits per heavy atom. The highest BCUT2D eigenvalue weighted by Gasteiger charge is 2.85. The van der Waals surface area contributed by atoms with E-state index in [2.05, 4.69) is 5.32 Å². The highest BCUT2D eigenvalue weighted by atomic mass is 35.6. The van der Waals surface area contributed by atoms with Crippen LogP contribution in [0.3, 0.4) is 0 Å². The molecule has 2 saturated heterocycles. The van der Waals surface area contributed by atoms with E-state index in [1.54, 1.807) is 48.5 Å². The van der Waals surface area contributed by atoms with Crippen LogP contribution in [0.1, 0.15) is 25.0 Å². The van der Waals surface area contributed by atoms with Crippen molar-refractivity contribution in [1.29, 1.82) is 0 Å². The molecule has 5 atom stereocenters. The van der Waals surface area contributed by atoms with Crippen molar-refractivity contribution in [2.45, 2.75) is 44.9 Å². The van der Waals surface area contributed by atoms with Crippen molar-refractivity contribution in [1.82, 2.24) is 10.2 Å². The number of ether oxygens (including phenoxy) is 2. The number of rotatable bonds is 7. The van der Waals surface area contributed by atoms with Crippen molar-refractivity contribution in [3.63, 3.8) is 0 Å². The first-order valence-corrected chi connectivity index (χ1v) is 13.4. The minimum atomic E-state index is -1.76. The van der Waals surface area contributed by atoms with Crippen LogP contribution in [-0.4, -0.2) is 54.8 Å². The Morgan fingerprint density at radius 2 is 1.83 bits per heavy atom. The molecular weight excluding hydrogens is 570 g/mol. The second kappa shape index (κ2) is 9.17. The summed E-state index contributed by atoms with van der Waals surface area (Å²) in [6, 6.07) is 14.9. The average Bonchev–Trinajstić information content (AvgIpc) is 3.37. The van der Waals surface area contributed by atoms with E-state index in [9.17, 15) is 14.4 Å². The molecule has 190 valence electrons. The molecule has 2 heterocycles. The fourth-order valence-corrected chi connectivity index (χ4v) is 7.02. The van der Waals surface area contributed by atoms with Gasteiger partial charge in [0.05, 0.1) is 9.77 Å². The lowest BCUT2D eigenvalue weighted by Crippen LogP contribution is -2.72. The van der Waals surface area contributed by atoms with Crippen LogP contribution in [0.4, 0.5) is 0 Å². The maximum atomic E-state index is 13.4. The van der Waals surface area contributed by atoms with Crippen LogP contribution < -0.4 is 10.1 Å². The van der Waals surface area contributed by atoms with Gasteiger partial charge in [-0.3, -0.25) is 9.59 Å². The van der Waals surface area contributed by atoms with E-state index >= 15 is 0 Å². The molecule has 7 nitrogen and oxygen atoms in total. The van der Waals surface area contributed by atoms with E-state index in [0.29, 0.717) is 22.8 Å². The first kappa shape index (κ1) is 25.8. The van der Waals surface area contributed by atoms with Crippen molar-refractivity contribution in [2.75, 3.05) is 6.61 Å². The molecular formula is C24H20Cl4N2O5S. The maximum absolute atomic E-state index is 13.4. The Bertz CT molecular complexity index is 1230. The molecule has 12 heteroatoms. The number of nitrogens with one attached hydrogen (secondary N) is 1. The van der Waals surface area contributed by atoms with Crippen LogP contribution in [0.5, 0.6) is 5.75 Å². The number of hydrogen-bond donors (Lipinski definition) is 1. The lowest BCUT2D eigenvalue weighted by molar-refractivity contribution is -0.167. The van der Waals surface area contributed by atoms with Crippen molar-refractivity contribution >= 4 is 75.9 Å². The van der Waals surface area contributed by atoms with Gasteiger partial charge in [-0.05, 0) is 19.1 Å². The fourth-order valence-electron chi connectivity index (χ4n) is 4.76. The third-order valence-corrected chi connectivity index (χ3v) is 8.97. The zero-order chi connectivity index (χ0) is 25.9. The van der Waals surface area contributed by atoms with Gasteiger partial charge in [-0.1, -0.05) is 88.9 Å². The summed E-state index contributed by atoms with van der Waals surface area (Å²) < 4.78 is 8.91. The van der Waals surface area contributed by atoms with Gasteiger partial charge < -0.3 is 19.7 Å². The molecule has 2 aromatic rings. The maximum Gasteiger partial charge on any atom is 0.333 e. The number of hydrogen-bond acceptors (Lipinski definition) is 6. The number of fused-ring (bicyclic) bond motifs is 3. The Balaban J connectivity index is 1.32. The summed E-state index contributed by atoms with van der Waals surface area (Å²) in [4.78, 5) is 41.0. The van der Waals surface area contributed by atoms with Crippen LogP contribution in [0, 0.1) is 0 Å². The van der Waals surface area contributed by atoms with E-state index in [0.717, 1.165) is 0 Å². The summed E-state index contributed by atoms with van der Waals surface area (Å²) in [7, 11) is 0. The monoisotopic (exact) mass is 588 g/mol. The standard InChI is InChI=1S/C24H20Cl4N2O5S/c1-22-11-23(22,21(33)34-12-24(26,27)28)30-19(32)16(20(30)36-22)29-18(31)17(13-7-3-2-4-8-13)35-15-10-6-5-9-14(15)25/h2-10,16-17,20H,11-12H2,1H3,(H,29,31)/t16?,17?,20-,22?,23?/m1/s1. The first-order valence-electron chi connectivity index (χ1n) is 11.0. The Kier molecular flexibility index (Phi) is 6.57. The van der Waals surface area contributed by atoms with Crippen molar-refractivity contribution in [3.05, 3.63) is 65.2 Å². The van der Waals surface area contributed by atoms with Crippen molar-refractivity contribution in [3.8, 4) is 5.75 Å². The third kappa shape index (κ3) is 4.31. The van der Waals surface area contributed by atoms with Gasteiger partial charge in [0.2, 0.25) is 15.8 Å². The summed E-state index contributed by atoms with van der Waals surface area (Å²) in [5.74, 6) is -1.16. The molecule has 2 aromatic carbocycles. The minimum absolute atomic E-state index is 0.337. The van der Waals surface area contributed by atoms with Gasteiger partial charge in [0.25, 0.3) is 5.91 Å². The number of carbonyl (C=O) groups is 3. The van der Waals surface area contributed by atoms with Crippen LogP contribution in [-0.2, 0) is 19.1 Å². The zero-order valence-corrected chi connectivity index (χ0v) is 22.6. The summed E-state index contributed by atoms with van der Waals surface area (Å²) in [5.41, 5.74) is -0.539. The largest absolute Gasteiger partial charge is 0.474 e. The normalized spacial score (nSPS) is 28.9. The molecule has 2 amide bonds. The van der Waals surface area contributed by atoms with Crippen LogP contribution in [0.25, 0.3) is 0 Å². The van der Waals surface area contributed by atoms with Crippen molar-refractivity contribution in [2.24, 2.45) is 0 Å². The number of nitrogens with zero attached hydrogens (tertiary/aromatic N) is 1. The molecule has 36 heavy (non-hydrogen) atoms. The number of amides is 2. The summed E-state index contributed by atoms with van der Waals surface area (Å²) >= 11 is 24.8. The van der Waals surface area contributed by atoms with Crippen molar-refractivity contribution < 1.29 is 23.9 Å². The average molecular weight is 590 g/mol. The van der Waals surface area contributed by atoms with E-state index in [4.69, 9.17) is 55.9 Å². The molecule has 3 fully saturated rings. The molecule has 2 aliphatic heterocycles. The Morgan fingerprint density at radius 3 is 2.50 bits per heavy atom. The minimum Gasteiger partial charge on any atom is -0.474 e. The number of thioether (sulfide) groups is 1. The number of halogens is 4. The van der Waals surface area contributed by atoms with E-state index in [1.807, 2.05) is 13.0 Å². The van der Waals surface area contributed by atoms with E-state index in [-0.39, 0.29) is 5.91 Å². The molecule has 1 aliphatic carbocycles. The second-order valence-electron chi connectivity index (χ2n) is 9.00. The van der Waals surface area contributed by atoms with Gasteiger partial charge in [0.15, 0.2) is 5.54 Å². The first-order chi connectivity index (χ1) is 17.0. The number of esters is 1. The summed E-state index contributed by atoms with van der Waals surface area (Å²) in [5, 5.41) is 2.73. The smallest absolute Gasteiger partial charge is 0.333 e. The molecule has 0 radical (unpaired) electrons. The van der Waals surface area contributed by atoms with Gasteiger partial charge in [0, 0.05) is 12.0 Å². The number of carbonyl (C=O) groups excluding carboxylic acids is 3. The predicted octanol–water partition coefficient (Wildman–Crippen LogP) is 4.67.